The van der Waals surface area contributed by atoms with Gasteiger partial charge >= 0.3 is 0 Å². The van der Waals surface area contributed by atoms with Gasteiger partial charge in [-0.3, -0.25) is 0 Å². The number of fused-ring (bicyclic) bond motifs is 2. The molecule has 4 atom stereocenters. The summed E-state index contributed by atoms with van der Waals surface area (Å²) in [7, 11) is 0. The molecule has 0 aromatic carbocycles. The van der Waals surface area contributed by atoms with Gasteiger partial charge in [-0.05, 0) is 36.5 Å². The largest absolute Gasteiger partial charge is 0.396 e. The topological polar surface area (TPSA) is 40.5 Å². The van der Waals surface area contributed by atoms with Crippen LogP contribution in [0.25, 0.3) is 0 Å². The van der Waals surface area contributed by atoms with E-state index in [4.69, 9.17) is 0 Å². The summed E-state index contributed by atoms with van der Waals surface area (Å²) in [5, 5.41) is 19.1. The molecule has 0 aromatic heterocycles. The zero-order chi connectivity index (χ0) is 9.47. The van der Waals surface area contributed by atoms with E-state index in [1.807, 2.05) is 0 Å². The van der Waals surface area contributed by atoms with Crippen molar-refractivity contribution in [1.82, 2.24) is 0 Å². The van der Waals surface area contributed by atoms with Crippen LogP contribution in [-0.2, 0) is 0 Å². The Morgan fingerprint density at radius 3 is 2.92 bits per heavy atom. The molecule has 2 bridgehead atoms. The van der Waals surface area contributed by atoms with E-state index >= 15 is 0 Å². The summed E-state index contributed by atoms with van der Waals surface area (Å²) in [6, 6.07) is 0. The fourth-order valence-electron chi connectivity index (χ4n) is 2.98. The van der Waals surface area contributed by atoms with Crippen molar-refractivity contribution in [2.24, 2.45) is 17.3 Å². The van der Waals surface area contributed by atoms with E-state index in [0.717, 1.165) is 19.3 Å². The summed E-state index contributed by atoms with van der Waals surface area (Å²) in [5.74, 6) is 0.551. The third-order valence-electron chi connectivity index (χ3n) is 3.94. The Morgan fingerprint density at radius 1 is 1.54 bits per heavy atom. The minimum absolute atomic E-state index is 0.136. The fraction of sp³-hybridized carbons (Fsp3) is 0.818. The zero-order valence-corrected chi connectivity index (χ0v) is 8.11. The Labute approximate surface area is 79.3 Å². The van der Waals surface area contributed by atoms with E-state index in [0.29, 0.717) is 0 Å². The van der Waals surface area contributed by atoms with E-state index in [1.54, 1.807) is 0 Å². The van der Waals surface area contributed by atoms with Gasteiger partial charge in [-0.2, -0.15) is 0 Å². The molecule has 2 nitrogen and oxygen atoms in total. The van der Waals surface area contributed by atoms with Gasteiger partial charge in [0.2, 0.25) is 0 Å². The quantitative estimate of drug-likeness (QED) is 0.601. The number of rotatable bonds is 1. The number of hydrogen-bond acceptors (Lipinski definition) is 2. The third-order valence-corrected chi connectivity index (χ3v) is 3.94. The van der Waals surface area contributed by atoms with E-state index in [1.165, 1.54) is 0 Å². The number of hydrogen-bond donors (Lipinski definition) is 2. The smallest absolute Gasteiger partial charge is 0.0575 e. The van der Waals surface area contributed by atoms with Gasteiger partial charge in [-0.15, -0.1) is 0 Å². The van der Waals surface area contributed by atoms with Crippen LogP contribution >= 0.6 is 0 Å². The molecule has 74 valence electrons. The molecule has 2 heteroatoms. The van der Waals surface area contributed by atoms with Crippen LogP contribution in [0.1, 0.15) is 26.2 Å². The molecule has 1 fully saturated rings. The predicted molar refractivity (Wildman–Crippen MR) is 51.2 cm³/mol. The lowest BCUT2D eigenvalue weighted by Crippen LogP contribution is -2.46. The van der Waals surface area contributed by atoms with Gasteiger partial charge in [0.1, 0.15) is 0 Å². The molecule has 0 radical (unpaired) electrons. The number of aliphatic hydroxyl groups excluding tert-OH is 2. The first-order valence-corrected chi connectivity index (χ1v) is 5.14. The molecule has 13 heavy (non-hydrogen) atoms. The molecule has 0 amide bonds. The molecule has 0 aliphatic heterocycles. The number of aliphatic hydroxyl groups is 2. The van der Waals surface area contributed by atoms with Crippen molar-refractivity contribution in [1.29, 1.82) is 0 Å². The lowest BCUT2D eigenvalue weighted by Gasteiger charge is -2.48. The fourth-order valence-corrected chi connectivity index (χ4v) is 2.98. The zero-order valence-electron chi connectivity index (χ0n) is 8.11. The van der Waals surface area contributed by atoms with Crippen LogP contribution in [0.15, 0.2) is 12.2 Å². The minimum Gasteiger partial charge on any atom is -0.396 e. The number of allylic oxidation sites excluding steroid dienone is 2. The predicted octanol–water partition coefficient (Wildman–Crippen LogP) is 1.33. The van der Waals surface area contributed by atoms with Gasteiger partial charge in [0.25, 0.3) is 0 Å². The van der Waals surface area contributed by atoms with Gasteiger partial charge in [-0.25, -0.2) is 0 Å². The SMILES string of the molecule is C[C@@]12C=CC[C@@H]([C@H](O)CC1)[C@H]2CO. The van der Waals surface area contributed by atoms with Crippen LogP contribution < -0.4 is 0 Å². The summed E-state index contributed by atoms with van der Waals surface area (Å²) < 4.78 is 0. The van der Waals surface area contributed by atoms with E-state index in [-0.39, 0.29) is 30.0 Å². The first-order chi connectivity index (χ1) is 6.17. The van der Waals surface area contributed by atoms with Crippen LogP contribution in [0.5, 0.6) is 0 Å². The van der Waals surface area contributed by atoms with Crippen LogP contribution in [-0.4, -0.2) is 22.9 Å². The van der Waals surface area contributed by atoms with Crippen molar-refractivity contribution in [2.75, 3.05) is 6.61 Å². The summed E-state index contributed by atoms with van der Waals surface area (Å²) in [4.78, 5) is 0. The second-order valence-corrected chi connectivity index (χ2v) is 4.70. The minimum atomic E-state index is -0.199. The molecule has 0 heterocycles. The Hall–Kier alpha value is -0.340. The average Bonchev–Trinajstić information content (AvgIpc) is 2.12. The first-order valence-electron chi connectivity index (χ1n) is 5.14. The second kappa shape index (κ2) is 3.10. The molecule has 2 N–H and O–H groups in total. The molecular weight excluding hydrogens is 164 g/mol. The Balaban J connectivity index is 2.29. The van der Waals surface area contributed by atoms with Crippen molar-refractivity contribution in [3.8, 4) is 0 Å². The lowest BCUT2D eigenvalue weighted by molar-refractivity contribution is -0.0484. The van der Waals surface area contributed by atoms with Crippen molar-refractivity contribution in [3.63, 3.8) is 0 Å². The van der Waals surface area contributed by atoms with Gasteiger partial charge in [0, 0.05) is 6.61 Å². The van der Waals surface area contributed by atoms with Crippen LogP contribution in [0.4, 0.5) is 0 Å². The average molecular weight is 182 g/mol. The van der Waals surface area contributed by atoms with Crippen molar-refractivity contribution < 1.29 is 10.2 Å². The van der Waals surface area contributed by atoms with E-state index in [2.05, 4.69) is 19.1 Å². The third kappa shape index (κ3) is 1.32. The highest BCUT2D eigenvalue weighted by atomic mass is 16.3. The highest BCUT2D eigenvalue weighted by molar-refractivity contribution is 5.11. The summed E-state index contributed by atoms with van der Waals surface area (Å²) >= 11 is 0. The van der Waals surface area contributed by atoms with Gasteiger partial charge in [0.15, 0.2) is 0 Å². The molecule has 0 spiro atoms. The van der Waals surface area contributed by atoms with Crippen LogP contribution in [0.3, 0.4) is 0 Å². The summed E-state index contributed by atoms with van der Waals surface area (Å²) in [5.41, 5.74) is 0.136. The molecule has 0 unspecified atom stereocenters. The maximum absolute atomic E-state index is 9.79. The monoisotopic (exact) mass is 182 g/mol. The van der Waals surface area contributed by atoms with Crippen molar-refractivity contribution in [3.05, 3.63) is 12.2 Å². The Morgan fingerprint density at radius 2 is 2.31 bits per heavy atom. The molecule has 2 rings (SSSR count). The van der Waals surface area contributed by atoms with Crippen LogP contribution in [0.2, 0.25) is 0 Å². The molecule has 2 aliphatic carbocycles. The molecule has 0 saturated heterocycles. The normalized spacial score (nSPS) is 49.3. The summed E-state index contributed by atoms with van der Waals surface area (Å²) in [6.45, 7) is 2.41. The molecular formula is C11H18O2. The maximum Gasteiger partial charge on any atom is 0.0575 e. The standard InChI is InChI=1S/C11H18O2/c1-11-5-2-3-8(9(11)7-12)10(13)4-6-11/h2,5,8-10,12-13H,3-4,6-7H2,1H3/t8-,9-,10-,11-/m1/s1. The maximum atomic E-state index is 9.79. The van der Waals surface area contributed by atoms with Crippen molar-refractivity contribution >= 4 is 0 Å². The molecule has 0 aromatic rings. The van der Waals surface area contributed by atoms with Crippen molar-refractivity contribution in [2.45, 2.75) is 32.3 Å². The summed E-state index contributed by atoms with van der Waals surface area (Å²) in [6.07, 6.45) is 7.03. The first kappa shape index (κ1) is 9.22. The van der Waals surface area contributed by atoms with Gasteiger partial charge in [-0.1, -0.05) is 19.1 Å². The molecule has 2 aliphatic rings. The van der Waals surface area contributed by atoms with Crippen LogP contribution in [0, 0.1) is 17.3 Å². The lowest BCUT2D eigenvalue weighted by atomic mass is 9.58. The van der Waals surface area contributed by atoms with E-state index < -0.39 is 0 Å². The van der Waals surface area contributed by atoms with E-state index in [9.17, 15) is 10.2 Å². The van der Waals surface area contributed by atoms with Gasteiger partial charge in [0.05, 0.1) is 6.10 Å². The Bertz CT molecular complexity index is 224. The van der Waals surface area contributed by atoms with Gasteiger partial charge < -0.3 is 10.2 Å². The second-order valence-electron chi connectivity index (χ2n) is 4.70. The Kier molecular flexibility index (Phi) is 2.20. The highest BCUT2D eigenvalue weighted by Gasteiger charge is 2.45. The highest BCUT2D eigenvalue weighted by Crippen LogP contribution is 2.49. The molecule has 1 saturated carbocycles.